The summed E-state index contributed by atoms with van der Waals surface area (Å²) in [6.45, 7) is 4.14. The van der Waals surface area contributed by atoms with E-state index in [2.05, 4.69) is 23.9 Å². The Hall–Kier alpha value is 0.01000. The molecule has 0 radical (unpaired) electrons. The molecule has 2 N–H and O–H groups in total. The molecule has 0 saturated carbocycles. The van der Waals surface area contributed by atoms with E-state index in [1.54, 1.807) is 11.8 Å². The quantitative estimate of drug-likeness (QED) is 0.355. The number of rotatable bonds is 4. The predicted molar refractivity (Wildman–Crippen MR) is 44.1 cm³/mol. The zero-order chi connectivity index (χ0) is 7.11. The largest absolute Gasteiger partial charge is 0.260 e. The summed E-state index contributed by atoms with van der Waals surface area (Å²) in [6, 6.07) is 0. The summed E-state index contributed by atoms with van der Waals surface area (Å²) in [7, 11) is 1.87. The Balaban J connectivity index is 3.07. The van der Waals surface area contributed by atoms with Crippen LogP contribution in [0.15, 0.2) is 11.0 Å². The first-order chi connectivity index (χ1) is 4.31. The Morgan fingerprint density at radius 3 is 2.78 bits per heavy atom. The topological polar surface area (TPSA) is 24.1 Å². The van der Waals surface area contributed by atoms with Gasteiger partial charge in [-0.3, -0.25) is 5.43 Å². The molecule has 0 unspecified atom stereocenters. The predicted octanol–water partition coefficient (Wildman–Crippen LogP) is 1.32. The maximum atomic E-state index is 2.99. The number of hydrogen-bond donors (Lipinski definition) is 2. The van der Waals surface area contributed by atoms with Crippen molar-refractivity contribution >= 4 is 11.8 Å². The van der Waals surface area contributed by atoms with Crippen LogP contribution in [0.1, 0.15) is 13.8 Å². The minimum absolute atomic E-state index is 0.923. The average Bonchev–Trinajstić information content (AvgIpc) is 1.89. The van der Waals surface area contributed by atoms with Crippen molar-refractivity contribution in [1.29, 1.82) is 0 Å². The van der Waals surface area contributed by atoms with Gasteiger partial charge in [-0.05, 0) is 25.8 Å². The van der Waals surface area contributed by atoms with E-state index in [0.29, 0.717) is 0 Å². The molecule has 0 fully saturated rings. The molecule has 0 aromatic carbocycles. The van der Waals surface area contributed by atoms with Crippen molar-refractivity contribution in [2.75, 3.05) is 12.9 Å². The second kappa shape index (κ2) is 6.13. The van der Waals surface area contributed by atoms with Gasteiger partial charge in [-0.2, -0.15) is 0 Å². The van der Waals surface area contributed by atoms with E-state index < -0.39 is 0 Å². The zero-order valence-electron chi connectivity index (χ0n) is 6.19. The van der Waals surface area contributed by atoms with Crippen molar-refractivity contribution in [3.8, 4) is 0 Å². The number of hydrogen-bond acceptors (Lipinski definition) is 3. The molecule has 0 aromatic heterocycles. The smallest absolute Gasteiger partial charge is 0.0600 e. The first kappa shape index (κ1) is 9.01. The van der Waals surface area contributed by atoms with Gasteiger partial charge < -0.3 is 0 Å². The van der Waals surface area contributed by atoms with Gasteiger partial charge in [0.25, 0.3) is 0 Å². The molecular formula is C6H14N2S. The molecule has 0 aromatic rings. The van der Waals surface area contributed by atoms with Gasteiger partial charge in [-0.1, -0.05) is 6.08 Å². The van der Waals surface area contributed by atoms with Gasteiger partial charge >= 0.3 is 0 Å². The lowest BCUT2D eigenvalue weighted by Gasteiger charge is -2.00. The highest BCUT2D eigenvalue weighted by Crippen LogP contribution is 2.10. The van der Waals surface area contributed by atoms with E-state index in [9.17, 15) is 0 Å². The van der Waals surface area contributed by atoms with Crippen molar-refractivity contribution in [2.45, 2.75) is 13.8 Å². The molecule has 0 bridgehead atoms. The van der Waals surface area contributed by atoms with Crippen LogP contribution in [0, 0.1) is 0 Å². The van der Waals surface area contributed by atoms with Crippen molar-refractivity contribution in [3.05, 3.63) is 11.0 Å². The molecule has 0 aliphatic rings. The Labute approximate surface area is 61.1 Å². The minimum atomic E-state index is 0.923. The zero-order valence-corrected chi connectivity index (χ0v) is 7.01. The monoisotopic (exact) mass is 146 g/mol. The Kier molecular flexibility index (Phi) is 6.14. The Bertz CT molecular complexity index is 91.1. The van der Waals surface area contributed by atoms with Crippen LogP contribution in [0.25, 0.3) is 0 Å². The SMILES string of the molecule is C/C=C(\C)SCNNC. The van der Waals surface area contributed by atoms with Crippen molar-refractivity contribution < 1.29 is 0 Å². The van der Waals surface area contributed by atoms with Gasteiger partial charge in [0.1, 0.15) is 0 Å². The third kappa shape index (κ3) is 5.89. The number of nitrogens with one attached hydrogen (secondary N) is 2. The summed E-state index contributed by atoms with van der Waals surface area (Å²) in [5.41, 5.74) is 5.83. The molecule has 3 heteroatoms. The van der Waals surface area contributed by atoms with Crippen LogP contribution in [0.5, 0.6) is 0 Å². The molecule has 0 amide bonds. The van der Waals surface area contributed by atoms with Crippen molar-refractivity contribution in [2.24, 2.45) is 0 Å². The average molecular weight is 146 g/mol. The van der Waals surface area contributed by atoms with Gasteiger partial charge in [0.2, 0.25) is 0 Å². The molecule has 0 spiro atoms. The molecule has 9 heavy (non-hydrogen) atoms. The van der Waals surface area contributed by atoms with Gasteiger partial charge in [-0.15, -0.1) is 11.8 Å². The van der Waals surface area contributed by atoms with E-state index >= 15 is 0 Å². The fourth-order valence-corrected chi connectivity index (χ4v) is 0.916. The molecule has 0 aliphatic heterocycles. The summed E-state index contributed by atoms with van der Waals surface area (Å²) < 4.78 is 0. The second-order valence-corrected chi connectivity index (χ2v) is 2.84. The van der Waals surface area contributed by atoms with Crippen molar-refractivity contribution in [1.82, 2.24) is 10.9 Å². The van der Waals surface area contributed by atoms with Crippen molar-refractivity contribution in [3.63, 3.8) is 0 Å². The Morgan fingerprint density at radius 2 is 2.33 bits per heavy atom. The van der Waals surface area contributed by atoms with Gasteiger partial charge in [0.15, 0.2) is 0 Å². The van der Waals surface area contributed by atoms with Crippen LogP contribution in [0.4, 0.5) is 0 Å². The van der Waals surface area contributed by atoms with Gasteiger partial charge in [0, 0.05) is 0 Å². The lowest BCUT2D eigenvalue weighted by molar-refractivity contribution is 0.673. The first-order valence-corrected chi connectivity index (χ1v) is 3.95. The molecule has 0 rings (SSSR count). The fraction of sp³-hybridized carbons (Fsp3) is 0.667. The molecule has 0 heterocycles. The van der Waals surface area contributed by atoms with E-state index in [-0.39, 0.29) is 0 Å². The molecule has 0 aliphatic carbocycles. The summed E-state index contributed by atoms with van der Waals surface area (Å²) in [6.07, 6.45) is 2.10. The maximum Gasteiger partial charge on any atom is 0.0600 e. The van der Waals surface area contributed by atoms with Gasteiger partial charge in [0.05, 0.1) is 5.88 Å². The van der Waals surface area contributed by atoms with E-state index in [0.717, 1.165) is 5.88 Å². The summed E-state index contributed by atoms with van der Waals surface area (Å²) >= 11 is 1.79. The maximum absolute atomic E-state index is 2.99. The third-order valence-electron chi connectivity index (χ3n) is 0.955. The Morgan fingerprint density at radius 1 is 1.67 bits per heavy atom. The van der Waals surface area contributed by atoms with E-state index in [1.807, 2.05) is 14.0 Å². The summed E-state index contributed by atoms with van der Waals surface area (Å²) in [5, 5.41) is 0. The van der Waals surface area contributed by atoms with E-state index in [4.69, 9.17) is 0 Å². The highest BCUT2D eigenvalue weighted by atomic mass is 32.2. The molecular weight excluding hydrogens is 132 g/mol. The lowest BCUT2D eigenvalue weighted by atomic mass is 10.6. The normalized spacial score (nSPS) is 12.1. The molecule has 0 atom stereocenters. The number of thioether (sulfide) groups is 1. The van der Waals surface area contributed by atoms with Crippen LogP contribution in [-0.2, 0) is 0 Å². The highest BCUT2D eigenvalue weighted by Gasteiger charge is 1.84. The second-order valence-electron chi connectivity index (χ2n) is 1.61. The number of allylic oxidation sites excluding steroid dienone is 2. The fourth-order valence-electron chi connectivity index (χ4n) is 0.305. The third-order valence-corrected chi connectivity index (χ3v) is 1.94. The highest BCUT2D eigenvalue weighted by molar-refractivity contribution is 8.02. The van der Waals surface area contributed by atoms with Crippen LogP contribution >= 0.6 is 11.8 Å². The van der Waals surface area contributed by atoms with Gasteiger partial charge in [-0.25, -0.2) is 5.43 Å². The lowest BCUT2D eigenvalue weighted by Crippen LogP contribution is -2.26. The first-order valence-electron chi connectivity index (χ1n) is 2.96. The summed E-state index contributed by atoms with van der Waals surface area (Å²) in [5.74, 6) is 0.923. The standard InChI is InChI=1S/C6H14N2S/c1-4-6(2)9-5-8-7-3/h4,7-8H,5H2,1-3H3/b6-4+. The minimum Gasteiger partial charge on any atom is -0.260 e. The van der Waals surface area contributed by atoms with Crippen LogP contribution in [-0.4, -0.2) is 12.9 Å². The molecule has 54 valence electrons. The molecule has 2 nitrogen and oxygen atoms in total. The van der Waals surface area contributed by atoms with Crippen LogP contribution in [0.3, 0.4) is 0 Å². The van der Waals surface area contributed by atoms with Crippen LogP contribution < -0.4 is 10.9 Å². The van der Waals surface area contributed by atoms with E-state index in [1.165, 1.54) is 4.91 Å². The van der Waals surface area contributed by atoms with Crippen LogP contribution in [0.2, 0.25) is 0 Å². The molecule has 0 saturated heterocycles. The number of hydrazine groups is 1. The summed E-state index contributed by atoms with van der Waals surface area (Å²) in [4.78, 5) is 1.35.